The summed E-state index contributed by atoms with van der Waals surface area (Å²) in [6.45, 7) is 13.3. The number of carbonyl (C=O) groups excluding carboxylic acids is 1. The molecule has 2 saturated heterocycles. The van der Waals surface area contributed by atoms with Gasteiger partial charge in [0.2, 0.25) is 6.41 Å². The monoisotopic (exact) mass is 369 g/mol. The van der Waals surface area contributed by atoms with E-state index in [0.29, 0.717) is 6.42 Å². The van der Waals surface area contributed by atoms with Crippen molar-refractivity contribution in [3.05, 3.63) is 0 Å². The van der Waals surface area contributed by atoms with Crippen LogP contribution in [0.3, 0.4) is 0 Å². The second kappa shape index (κ2) is 7.69. The molecule has 2 rings (SSSR count). The standard InChI is InChI=1S/C20H39NO3Si/c1-7-8-9-12-20-13-10-11-16(21(20)15-22)18(17(23)14-20)24-25(5,6)19(2,3)4/h15-18,23H,7-14H2,1-6H3/t16-,17+,18-,20+/m0/s1. The summed E-state index contributed by atoms with van der Waals surface area (Å²) in [5.74, 6) is 0. The maximum Gasteiger partial charge on any atom is 0.210 e. The highest BCUT2D eigenvalue weighted by molar-refractivity contribution is 6.74. The number of carbonyl (C=O) groups is 1. The summed E-state index contributed by atoms with van der Waals surface area (Å²) in [7, 11) is -1.99. The van der Waals surface area contributed by atoms with Gasteiger partial charge in [-0.15, -0.1) is 0 Å². The van der Waals surface area contributed by atoms with Crippen LogP contribution in [0.25, 0.3) is 0 Å². The predicted octanol–water partition coefficient (Wildman–Crippen LogP) is 4.47. The van der Waals surface area contributed by atoms with Gasteiger partial charge in [0, 0.05) is 5.54 Å². The Labute approximate surface area is 155 Å². The highest BCUT2D eigenvalue weighted by atomic mass is 28.4. The lowest BCUT2D eigenvalue weighted by atomic mass is 9.70. The molecule has 0 aromatic heterocycles. The fourth-order valence-electron chi connectivity index (χ4n) is 4.48. The molecule has 2 bridgehead atoms. The van der Waals surface area contributed by atoms with E-state index in [4.69, 9.17) is 4.43 Å². The largest absolute Gasteiger partial charge is 0.409 e. The van der Waals surface area contributed by atoms with Crippen LogP contribution in [0.15, 0.2) is 0 Å². The molecule has 2 aliphatic heterocycles. The first kappa shape index (κ1) is 20.9. The first-order valence-electron chi connectivity index (χ1n) is 10.2. The number of hydrogen-bond donors (Lipinski definition) is 1. The smallest absolute Gasteiger partial charge is 0.210 e. The van der Waals surface area contributed by atoms with Crippen LogP contribution in [0.1, 0.15) is 79.1 Å². The van der Waals surface area contributed by atoms with E-state index >= 15 is 0 Å². The Hall–Kier alpha value is -0.393. The van der Waals surface area contributed by atoms with E-state index in [2.05, 4.69) is 45.7 Å². The third kappa shape index (κ3) is 4.14. The fraction of sp³-hybridized carbons (Fsp3) is 0.950. The zero-order valence-electron chi connectivity index (χ0n) is 17.2. The number of fused-ring (bicyclic) bond motifs is 2. The van der Waals surface area contributed by atoms with Crippen molar-refractivity contribution >= 4 is 14.7 Å². The molecule has 4 atom stereocenters. The highest BCUT2D eigenvalue weighted by Crippen LogP contribution is 2.47. The average molecular weight is 370 g/mol. The van der Waals surface area contributed by atoms with Crippen molar-refractivity contribution in [2.75, 3.05) is 0 Å². The molecule has 0 saturated carbocycles. The Morgan fingerprint density at radius 1 is 1.32 bits per heavy atom. The quantitative estimate of drug-likeness (QED) is 0.409. The number of piperidine rings is 2. The van der Waals surface area contributed by atoms with Crippen LogP contribution in [0.2, 0.25) is 18.1 Å². The van der Waals surface area contributed by atoms with Crippen molar-refractivity contribution < 1.29 is 14.3 Å². The topological polar surface area (TPSA) is 49.8 Å². The average Bonchev–Trinajstić information content (AvgIpc) is 2.50. The van der Waals surface area contributed by atoms with Gasteiger partial charge in [-0.1, -0.05) is 47.0 Å². The number of hydrogen-bond acceptors (Lipinski definition) is 3. The molecule has 0 aliphatic carbocycles. The van der Waals surface area contributed by atoms with E-state index in [1.807, 2.05) is 0 Å². The third-order valence-corrected chi connectivity index (χ3v) is 11.5. The maximum absolute atomic E-state index is 12.0. The highest BCUT2D eigenvalue weighted by Gasteiger charge is 2.54. The molecule has 1 N–H and O–H groups in total. The Balaban J connectivity index is 2.23. The van der Waals surface area contributed by atoms with E-state index in [1.165, 1.54) is 12.8 Å². The minimum Gasteiger partial charge on any atom is -0.409 e. The van der Waals surface area contributed by atoms with Gasteiger partial charge < -0.3 is 14.4 Å². The van der Waals surface area contributed by atoms with Crippen LogP contribution in [0, 0.1) is 0 Å². The zero-order chi connectivity index (χ0) is 18.9. The van der Waals surface area contributed by atoms with Crippen molar-refractivity contribution in [3.8, 4) is 0 Å². The van der Waals surface area contributed by atoms with Gasteiger partial charge >= 0.3 is 0 Å². The van der Waals surface area contributed by atoms with Crippen molar-refractivity contribution in [2.45, 2.75) is 121 Å². The van der Waals surface area contributed by atoms with Gasteiger partial charge in [0.15, 0.2) is 8.32 Å². The molecule has 0 aromatic carbocycles. The summed E-state index contributed by atoms with van der Waals surface area (Å²) in [6, 6.07) is 0.0331. The lowest BCUT2D eigenvalue weighted by Crippen LogP contribution is -2.69. The fourth-order valence-corrected chi connectivity index (χ4v) is 5.82. The van der Waals surface area contributed by atoms with E-state index in [-0.39, 0.29) is 22.7 Å². The summed E-state index contributed by atoms with van der Waals surface area (Å²) < 4.78 is 6.63. The van der Waals surface area contributed by atoms with E-state index in [9.17, 15) is 9.90 Å². The van der Waals surface area contributed by atoms with Gasteiger partial charge in [-0.2, -0.15) is 0 Å². The molecular formula is C20H39NO3Si. The predicted molar refractivity (Wildman–Crippen MR) is 105 cm³/mol. The molecular weight excluding hydrogens is 330 g/mol. The third-order valence-electron chi connectivity index (χ3n) is 6.99. The summed E-state index contributed by atoms with van der Waals surface area (Å²) in [5, 5.41) is 11.1. The van der Waals surface area contributed by atoms with E-state index in [0.717, 1.165) is 38.5 Å². The van der Waals surface area contributed by atoms with Gasteiger partial charge in [0.05, 0.1) is 18.2 Å². The Kier molecular flexibility index (Phi) is 6.43. The molecule has 2 heterocycles. The lowest BCUT2D eigenvalue weighted by molar-refractivity contribution is -0.164. The number of aliphatic hydroxyl groups excluding tert-OH is 1. The summed E-state index contributed by atoms with van der Waals surface area (Å²) in [6.07, 6.45) is 8.65. The molecule has 4 nitrogen and oxygen atoms in total. The van der Waals surface area contributed by atoms with Gasteiger partial charge in [0.25, 0.3) is 0 Å². The second-order valence-electron chi connectivity index (χ2n) is 9.77. The number of amides is 1. The van der Waals surface area contributed by atoms with E-state index < -0.39 is 14.4 Å². The van der Waals surface area contributed by atoms with Crippen molar-refractivity contribution in [1.82, 2.24) is 4.90 Å². The molecule has 2 fully saturated rings. The molecule has 146 valence electrons. The van der Waals surface area contributed by atoms with Crippen molar-refractivity contribution in [1.29, 1.82) is 0 Å². The zero-order valence-corrected chi connectivity index (χ0v) is 18.2. The Morgan fingerprint density at radius 3 is 2.56 bits per heavy atom. The first-order chi connectivity index (χ1) is 11.6. The minimum absolute atomic E-state index is 0.0331. The number of unbranched alkanes of at least 4 members (excludes halogenated alkanes) is 2. The summed E-state index contributed by atoms with van der Waals surface area (Å²) in [5.41, 5.74) is -0.146. The lowest BCUT2D eigenvalue weighted by Gasteiger charge is -2.59. The SMILES string of the molecule is CCCCC[C@@]12CCC[C@@H]([C@H](O[Si](C)(C)C(C)(C)C)[C@H](O)C1)N2C=O. The van der Waals surface area contributed by atoms with Crippen molar-refractivity contribution in [2.24, 2.45) is 0 Å². The van der Waals surface area contributed by atoms with Crippen LogP contribution in [-0.2, 0) is 9.22 Å². The Bertz CT molecular complexity index is 462. The second-order valence-corrected chi connectivity index (χ2v) is 14.5. The normalized spacial score (nSPS) is 33.4. The van der Waals surface area contributed by atoms with Gasteiger partial charge in [-0.3, -0.25) is 4.79 Å². The molecule has 5 heteroatoms. The van der Waals surface area contributed by atoms with Crippen LogP contribution in [-0.4, -0.2) is 48.5 Å². The van der Waals surface area contributed by atoms with Gasteiger partial charge in [-0.25, -0.2) is 0 Å². The molecule has 2 aliphatic rings. The molecule has 25 heavy (non-hydrogen) atoms. The molecule has 0 unspecified atom stereocenters. The molecule has 0 aromatic rings. The number of aliphatic hydroxyl groups is 1. The van der Waals surface area contributed by atoms with Gasteiger partial charge in [-0.05, 0) is 50.2 Å². The molecule has 1 amide bonds. The molecule has 0 radical (unpaired) electrons. The maximum atomic E-state index is 12.0. The molecule has 0 spiro atoms. The van der Waals surface area contributed by atoms with Gasteiger partial charge in [0.1, 0.15) is 0 Å². The van der Waals surface area contributed by atoms with Crippen LogP contribution < -0.4 is 0 Å². The summed E-state index contributed by atoms with van der Waals surface area (Å²) in [4.78, 5) is 14.1. The van der Waals surface area contributed by atoms with E-state index in [1.54, 1.807) is 0 Å². The Morgan fingerprint density at radius 2 is 2.00 bits per heavy atom. The first-order valence-corrected chi connectivity index (χ1v) is 13.1. The van der Waals surface area contributed by atoms with Crippen LogP contribution in [0.5, 0.6) is 0 Å². The van der Waals surface area contributed by atoms with Crippen LogP contribution in [0.4, 0.5) is 0 Å². The van der Waals surface area contributed by atoms with Crippen LogP contribution >= 0.6 is 0 Å². The van der Waals surface area contributed by atoms with Crippen molar-refractivity contribution in [3.63, 3.8) is 0 Å². The number of nitrogens with zero attached hydrogens (tertiary/aromatic N) is 1. The summed E-state index contributed by atoms with van der Waals surface area (Å²) >= 11 is 0. The number of rotatable bonds is 7. The minimum atomic E-state index is -1.99.